The van der Waals surface area contributed by atoms with Gasteiger partial charge in [0, 0.05) is 23.5 Å². The third kappa shape index (κ3) is 1.97. The van der Waals surface area contributed by atoms with E-state index < -0.39 is 0 Å². The highest BCUT2D eigenvalue weighted by atomic mass is 16.5. The molecule has 0 atom stereocenters. The first-order valence-corrected chi connectivity index (χ1v) is 8.43. The lowest BCUT2D eigenvalue weighted by Gasteiger charge is -2.34. The van der Waals surface area contributed by atoms with Crippen LogP contribution in [-0.2, 0) is 0 Å². The highest BCUT2D eigenvalue weighted by molar-refractivity contribution is 5.90. The second-order valence-electron chi connectivity index (χ2n) is 6.36. The molecule has 0 fully saturated rings. The molecular weight excluding hydrogens is 312 g/mol. The van der Waals surface area contributed by atoms with Gasteiger partial charge in [0.15, 0.2) is 11.5 Å². The number of rotatable bonds is 2. The molecule has 3 heterocycles. The molecule has 0 unspecified atom stereocenters. The molecule has 0 saturated heterocycles. The van der Waals surface area contributed by atoms with Gasteiger partial charge in [-0.3, -0.25) is 0 Å². The van der Waals surface area contributed by atoms with Gasteiger partial charge in [0.2, 0.25) is 0 Å². The van der Waals surface area contributed by atoms with Crippen LogP contribution in [0.3, 0.4) is 0 Å². The van der Waals surface area contributed by atoms with Crippen molar-refractivity contribution in [2.24, 2.45) is 4.99 Å². The first-order chi connectivity index (χ1) is 12.3. The molecule has 4 nitrogen and oxygen atoms in total. The average molecular weight is 330 g/mol. The fourth-order valence-electron chi connectivity index (χ4n) is 3.91. The third-order valence-corrected chi connectivity index (χ3v) is 5.11. The Morgan fingerprint density at radius 1 is 1.04 bits per heavy atom. The summed E-state index contributed by atoms with van der Waals surface area (Å²) in [6, 6.07) is 12.5. The van der Waals surface area contributed by atoms with E-state index in [0.717, 1.165) is 52.3 Å². The molecule has 3 aliphatic heterocycles. The molecule has 0 amide bonds. The lowest BCUT2D eigenvalue weighted by atomic mass is 9.92. The van der Waals surface area contributed by atoms with Crippen LogP contribution < -0.4 is 20.0 Å². The van der Waals surface area contributed by atoms with Crippen LogP contribution in [-0.4, -0.2) is 25.7 Å². The van der Waals surface area contributed by atoms with Gasteiger partial charge in [0.1, 0.15) is 0 Å². The van der Waals surface area contributed by atoms with Crippen molar-refractivity contribution in [3.05, 3.63) is 70.0 Å². The third-order valence-electron chi connectivity index (χ3n) is 5.11. The number of ether oxygens (including phenoxy) is 2. The first kappa shape index (κ1) is 14.3. The zero-order chi connectivity index (χ0) is 17.0. The van der Waals surface area contributed by atoms with Crippen molar-refractivity contribution in [2.45, 2.75) is 6.42 Å². The minimum atomic E-state index is 0.743. The monoisotopic (exact) mass is 330 g/mol. The molecule has 124 valence electrons. The number of fused-ring (bicyclic) bond motifs is 5. The minimum Gasteiger partial charge on any atom is -0.493 e. The molecule has 25 heavy (non-hydrogen) atoms. The fraction of sp³-hybridized carbons (Fsp3) is 0.190. The normalized spacial score (nSPS) is 16.7. The van der Waals surface area contributed by atoms with Crippen molar-refractivity contribution in [3.63, 3.8) is 0 Å². The van der Waals surface area contributed by atoms with Crippen LogP contribution in [0.1, 0.15) is 17.5 Å². The zero-order valence-corrected chi connectivity index (χ0v) is 14.2. The molecule has 0 spiro atoms. The number of nitrogens with zero attached hydrogens (tertiary/aromatic N) is 2. The Balaban J connectivity index is 1.82. The second-order valence-corrected chi connectivity index (χ2v) is 6.36. The second kappa shape index (κ2) is 5.24. The summed E-state index contributed by atoms with van der Waals surface area (Å²) in [6.45, 7) is 0.961. The topological polar surface area (TPSA) is 34.1 Å². The Bertz CT molecular complexity index is 1080. The van der Waals surface area contributed by atoms with Crippen LogP contribution in [0.2, 0.25) is 0 Å². The Labute approximate surface area is 146 Å². The molecule has 0 N–H and O–H groups in total. The number of hydrogen-bond acceptors (Lipinski definition) is 4. The molecule has 2 aromatic rings. The van der Waals surface area contributed by atoms with Gasteiger partial charge in [-0.25, -0.2) is 4.99 Å². The van der Waals surface area contributed by atoms with E-state index >= 15 is 0 Å². The van der Waals surface area contributed by atoms with Crippen molar-refractivity contribution < 1.29 is 9.47 Å². The van der Waals surface area contributed by atoms with E-state index in [-0.39, 0.29) is 0 Å². The molecule has 4 heteroatoms. The van der Waals surface area contributed by atoms with Crippen molar-refractivity contribution >= 4 is 17.3 Å². The maximum absolute atomic E-state index is 5.53. The lowest BCUT2D eigenvalue weighted by molar-refractivity contribution is 0.354. The number of hydrogen-bond donors (Lipinski definition) is 0. The van der Waals surface area contributed by atoms with Crippen LogP contribution in [0, 0.1) is 0 Å². The molecule has 0 radical (unpaired) electrons. The van der Waals surface area contributed by atoms with Crippen molar-refractivity contribution in [1.82, 2.24) is 4.90 Å². The maximum Gasteiger partial charge on any atom is 0.161 e. The van der Waals surface area contributed by atoms with Gasteiger partial charge < -0.3 is 14.4 Å². The lowest BCUT2D eigenvalue weighted by Crippen LogP contribution is -2.28. The molecule has 5 rings (SSSR count). The summed E-state index contributed by atoms with van der Waals surface area (Å²) in [4.78, 5) is 7.24. The Morgan fingerprint density at radius 2 is 1.84 bits per heavy atom. The molecule has 0 saturated carbocycles. The fourth-order valence-corrected chi connectivity index (χ4v) is 3.91. The van der Waals surface area contributed by atoms with E-state index in [1.165, 1.54) is 10.8 Å². The zero-order valence-electron chi connectivity index (χ0n) is 14.2. The van der Waals surface area contributed by atoms with Crippen molar-refractivity contribution in [1.29, 1.82) is 0 Å². The van der Waals surface area contributed by atoms with Gasteiger partial charge in [-0.1, -0.05) is 18.2 Å². The summed E-state index contributed by atoms with van der Waals surface area (Å²) >= 11 is 0. The van der Waals surface area contributed by atoms with E-state index in [9.17, 15) is 0 Å². The SMILES string of the molecule is COc1cc2c(cc1OC)C1=C3N=c4ccccc4=C3CCN1C=C2. The van der Waals surface area contributed by atoms with Gasteiger partial charge in [-0.2, -0.15) is 0 Å². The van der Waals surface area contributed by atoms with Gasteiger partial charge in [0.05, 0.1) is 31.0 Å². The standard InChI is InChI=1S/C21H18N2O2/c1-24-18-11-13-7-9-23-10-8-15-14-5-3-4-6-17(14)22-20(15)21(23)16(13)12-19(18)25-2/h3-7,9,11-12H,8,10H2,1-2H3. The van der Waals surface area contributed by atoms with Crippen LogP contribution in [0.25, 0.3) is 17.3 Å². The van der Waals surface area contributed by atoms with Gasteiger partial charge >= 0.3 is 0 Å². The van der Waals surface area contributed by atoms with Crippen molar-refractivity contribution in [3.8, 4) is 11.5 Å². The van der Waals surface area contributed by atoms with Crippen LogP contribution in [0.15, 0.2) is 53.3 Å². The summed E-state index contributed by atoms with van der Waals surface area (Å²) in [5, 5.41) is 2.33. The van der Waals surface area contributed by atoms with E-state index in [2.05, 4.69) is 41.4 Å². The summed E-state index contributed by atoms with van der Waals surface area (Å²) in [6.07, 6.45) is 5.28. The average Bonchev–Trinajstić information content (AvgIpc) is 3.05. The summed E-state index contributed by atoms with van der Waals surface area (Å²) < 4.78 is 11.0. The molecule has 2 aromatic carbocycles. The molecule has 0 aromatic heterocycles. The maximum atomic E-state index is 5.53. The number of para-hydroxylation sites is 1. The van der Waals surface area contributed by atoms with E-state index in [1.54, 1.807) is 14.2 Å². The Kier molecular flexibility index (Phi) is 3.01. The van der Waals surface area contributed by atoms with E-state index in [4.69, 9.17) is 14.5 Å². The quantitative estimate of drug-likeness (QED) is 0.849. The van der Waals surface area contributed by atoms with Crippen LogP contribution in [0.4, 0.5) is 0 Å². The highest BCUT2D eigenvalue weighted by Crippen LogP contribution is 2.43. The van der Waals surface area contributed by atoms with E-state index in [1.807, 2.05) is 12.1 Å². The largest absolute Gasteiger partial charge is 0.493 e. The molecule has 0 aliphatic carbocycles. The Morgan fingerprint density at radius 3 is 2.68 bits per heavy atom. The predicted octanol–water partition coefficient (Wildman–Crippen LogP) is 2.55. The molecule has 0 bridgehead atoms. The summed E-state index contributed by atoms with van der Waals surface area (Å²) in [5.41, 5.74) is 5.87. The van der Waals surface area contributed by atoms with Gasteiger partial charge in [-0.05, 0) is 41.8 Å². The number of allylic oxidation sites excluding steroid dienone is 1. The smallest absolute Gasteiger partial charge is 0.161 e. The van der Waals surface area contributed by atoms with Gasteiger partial charge in [0.25, 0.3) is 0 Å². The highest BCUT2D eigenvalue weighted by Gasteiger charge is 2.30. The predicted molar refractivity (Wildman–Crippen MR) is 97.5 cm³/mol. The number of methoxy groups -OCH3 is 2. The Hall–Kier alpha value is -3.01. The van der Waals surface area contributed by atoms with E-state index in [0.29, 0.717) is 0 Å². The molecular formula is C21H18N2O2. The summed E-state index contributed by atoms with van der Waals surface area (Å²) in [7, 11) is 3.34. The van der Waals surface area contributed by atoms with Crippen LogP contribution in [0.5, 0.6) is 11.5 Å². The minimum absolute atomic E-state index is 0.743. The van der Waals surface area contributed by atoms with Crippen LogP contribution >= 0.6 is 0 Å². The van der Waals surface area contributed by atoms with Crippen molar-refractivity contribution in [2.75, 3.05) is 20.8 Å². The number of benzene rings is 2. The molecule has 3 aliphatic rings. The first-order valence-electron chi connectivity index (χ1n) is 8.43. The van der Waals surface area contributed by atoms with Gasteiger partial charge in [-0.15, -0.1) is 0 Å². The summed E-state index contributed by atoms with van der Waals surface area (Å²) in [5.74, 6) is 1.49.